The van der Waals surface area contributed by atoms with Gasteiger partial charge < -0.3 is 14.8 Å². The molecule has 0 aliphatic carbocycles. The topological polar surface area (TPSA) is 102 Å². The van der Waals surface area contributed by atoms with Gasteiger partial charge in [0.1, 0.15) is 4.90 Å². The highest BCUT2D eigenvalue weighted by atomic mass is 35.5. The molecular weight excluding hydrogens is 444 g/mol. The monoisotopic (exact) mass is 464 g/mol. The van der Waals surface area contributed by atoms with Crippen LogP contribution < -0.4 is 14.8 Å². The van der Waals surface area contributed by atoms with Crippen LogP contribution in [0.5, 0.6) is 11.5 Å². The summed E-state index contributed by atoms with van der Waals surface area (Å²) in [4.78, 5) is 24.9. The summed E-state index contributed by atoms with van der Waals surface area (Å²) < 4.78 is 37.5. The molecule has 2 aliphatic heterocycles. The van der Waals surface area contributed by atoms with Gasteiger partial charge in [-0.25, -0.2) is 12.7 Å². The van der Waals surface area contributed by atoms with Gasteiger partial charge >= 0.3 is 0 Å². The van der Waals surface area contributed by atoms with E-state index in [1.54, 1.807) is 26.0 Å². The molecule has 0 spiro atoms. The lowest BCUT2D eigenvalue weighted by molar-refractivity contribution is 0.0845. The molecule has 2 aromatic carbocycles. The molecule has 2 aliphatic rings. The standard InChI is InChI=1S/C21H21ClN2O6S/c1-12(2)24-21(26)15-5-4-14(10-18(15)31(24,27)28)20(25)23-11-13-8-16(22)19-17(9-13)29-6-3-7-30-19/h4-5,8-10,12H,3,6-7,11H2,1-2H3,(H,23,25). The van der Waals surface area contributed by atoms with Crippen LogP contribution in [0.4, 0.5) is 0 Å². The van der Waals surface area contributed by atoms with Gasteiger partial charge in [-0.05, 0) is 49.7 Å². The van der Waals surface area contributed by atoms with Crippen molar-refractivity contribution in [2.45, 2.75) is 37.8 Å². The Morgan fingerprint density at radius 1 is 1.19 bits per heavy atom. The van der Waals surface area contributed by atoms with Gasteiger partial charge in [0.2, 0.25) is 0 Å². The van der Waals surface area contributed by atoms with Crippen LogP contribution in [0.15, 0.2) is 35.2 Å². The summed E-state index contributed by atoms with van der Waals surface area (Å²) >= 11 is 6.28. The van der Waals surface area contributed by atoms with Crippen LogP contribution in [0.3, 0.4) is 0 Å². The maximum Gasteiger partial charge on any atom is 0.269 e. The molecule has 10 heteroatoms. The van der Waals surface area contributed by atoms with E-state index in [1.807, 2.05) is 0 Å². The van der Waals surface area contributed by atoms with Crippen molar-refractivity contribution < 1.29 is 27.5 Å². The molecule has 164 valence electrons. The number of fused-ring (bicyclic) bond motifs is 2. The quantitative estimate of drug-likeness (QED) is 0.746. The van der Waals surface area contributed by atoms with Crippen molar-refractivity contribution in [3.63, 3.8) is 0 Å². The average Bonchev–Trinajstić information content (AvgIpc) is 2.86. The molecule has 31 heavy (non-hydrogen) atoms. The minimum Gasteiger partial charge on any atom is -0.489 e. The predicted molar refractivity (Wildman–Crippen MR) is 113 cm³/mol. The Labute approximate surface area is 185 Å². The first-order chi connectivity index (χ1) is 14.7. The van der Waals surface area contributed by atoms with E-state index < -0.39 is 27.9 Å². The Kier molecular flexibility index (Phi) is 5.57. The Morgan fingerprint density at radius 3 is 2.68 bits per heavy atom. The molecule has 0 fully saturated rings. The average molecular weight is 465 g/mol. The Balaban J connectivity index is 1.54. The van der Waals surface area contributed by atoms with Crippen LogP contribution in [0.1, 0.15) is 46.5 Å². The highest BCUT2D eigenvalue weighted by molar-refractivity contribution is 7.90. The molecule has 0 unspecified atom stereocenters. The molecule has 2 heterocycles. The number of ether oxygens (including phenoxy) is 2. The second kappa shape index (κ2) is 8.05. The minimum atomic E-state index is -3.98. The summed E-state index contributed by atoms with van der Waals surface area (Å²) in [5.41, 5.74) is 0.915. The van der Waals surface area contributed by atoms with E-state index in [-0.39, 0.29) is 22.6 Å². The van der Waals surface area contributed by atoms with Crippen LogP contribution in [0.2, 0.25) is 5.02 Å². The lowest BCUT2D eigenvalue weighted by Crippen LogP contribution is -2.36. The number of amides is 2. The molecule has 2 amide bonds. The number of rotatable bonds is 4. The maximum atomic E-state index is 12.7. The van der Waals surface area contributed by atoms with Gasteiger partial charge in [-0.3, -0.25) is 9.59 Å². The number of nitrogens with zero attached hydrogens (tertiary/aromatic N) is 1. The number of halogens is 1. The first kappa shape index (κ1) is 21.5. The largest absolute Gasteiger partial charge is 0.489 e. The molecule has 0 radical (unpaired) electrons. The van der Waals surface area contributed by atoms with Gasteiger partial charge in [0, 0.05) is 24.6 Å². The maximum absolute atomic E-state index is 12.7. The number of nitrogens with one attached hydrogen (secondary N) is 1. The smallest absolute Gasteiger partial charge is 0.269 e. The van der Waals surface area contributed by atoms with Gasteiger partial charge in [0.25, 0.3) is 21.8 Å². The summed E-state index contributed by atoms with van der Waals surface area (Å²) in [6.07, 6.45) is 0.745. The minimum absolute atomic E-state index is 0.0694. The first-order valence-electron chi connectivity index (χ1n) is 9.79. The van der Waals surface area contributed by atoms with Crippen LogP contribution in [-0.2, 0) is 16.6 Å². The molecule has 0 saturated carbocycles. The summed E-state index contributed by atoms with van der Waals surface area (Å²) in [5.74, 6) is -0.0573. The molecule has 0 atom stereocenters. The summed E-state index contributed by atoms with van der Waals surface area (Å²) in [6, 6.07) is 6.96. The molecule has 4 rings (SSSR count). The van der Waals surface area contributed by atoms with Gasteiger partial charge in [-0.15, -0.1) is 0 Å². The molecule has 0 bridgehead atoms. The Bertz CT molecular complexity index is 1180. The number of benzene rings is 2. The molecule has 2 aromatic rings. The van der Waals surface area contributed by atoms with Crippen molar-refractivity contribution in [1.82, 2.24) is 9.62 Å². The summed E-state index contributed by atoms with van der Waals surface area (Å²) in [7, 11) is -3.98. The SMILES string of the molecule is CC(C)N1C(=O)c2ccc(C(=O)NCc3cc(Cl)c4c(c3)OCCCO4)cc2S1(=O)=O. The fraction of sp³-hybridized carbons (Fsp3) is 0.333. The van der Waals surface area contributed by atoms with E-state index in [0.717, 1.165) is 10.7 Å². The molecule has 0 aromatic heterocycles. The molecule has 8 nitrogen and oxygen atoms in total. The van der Waals surface area contributed by atoms with Gasteiger partial charge in [-0.1, -0.05) is 11.6 Å². The molecule has 0 saturated heterocycles. The number of carbonyl (C=O) groups excluding carboxylic acids is 2. The van der Waals surface area contributed by atoms with Crippen molar-refractivity contribution in [3.05, 3.63) is 52.0 Å². The van der Waals surface area contributed by atoms with E-state index in [1.165, 1.54) is 18.2 Å². The van der Waals surface area contributed by atoms with E-state index in [4.69, 9.17) is 21.1 Å². The van der Waals surface area contributed by atoms with E-state index in [0.29, 0.717) is 35.3 Å². The summed E-state index contributed by atoms with van der Waals surface area (Å²) in [5, 5.41) is 3.13. The van der Waals surface area contributed by atoms with Gasteiger partial charge in [0.15, 0.2) is 11.5 Å². The summed E-state index contributed by atoms with van der Waals surface area (Å²) in [6.45, 7) is 4.41. The Morgan fingerprint density at radius 2 is 1.94 bits per heavy atom. The highest BCUT2D eigenvalue weighted by Gasteiger charge is 2.42. The Hall–Kier alpha value is -2.78. The number of hydrogen-bond acceptors (Lipinski definition) is 6. The zero-order valence-corrected chi connectivity index (χ0v) is 18.5. The van der Waals surface area contributed by atoms with Crippen LogP contribution in [0.25, 0.3) is 0 Å². The molecule has 1 N–H and O–H groups in total. The van der Waals surface area contributed by atoms with E-state index in [9.17, 15) is 18.0 Å². The molecular formula is C21H21ClN2O6S. The third-order valence-electron chi connectivity index (χ3n) is 5.00. The number of sulfonamides is 1. The van der Waals surface area contributed by atoms with Crippen LogP contribution in [0, 0.1) is 0 Å². The third kappa shape index (κ3) is 3.83. The first-order valence-corrected chi connectivity index (χ1v) is 11.6. The van der Waals surface area contributed by atoms with Gasteiger partial charge in [-0.2, -0.15) is 0 Å². The van der Waals surface area contributed by atoms with Crippen LogP contribution in [-0.4, -0.2) is 43.8 Å². The number of hydrogen-bond donors (Lipinski definition) is 1. The second-order valence-corrected chi connectivity index (χ2v) is 9.74. The van der Waals surface area contributed by atoms with Crippen molar-refractivity contribution >= 4 is 33.4 Å². The van der Waals surface area contributed by atoms with E-state index in [2.05, 4.69) is 5.32 Å². The zero-order chi connectivity index (χ0) is 22.3. The third-order valence-corrected chi connectivity index (χ3v) is 7.27. The van der Waals surface area contributed by atoms with Gasteiger partial charge in [0.05, 0.1) is 23.8 Å². The zero-order valence-electron chi connectivity index (χ0n) is 17.0. The van der Waals surface area contributed by atoms with Crippen molar-refractivity contribution in [3.8, 4) is 11.5 Å². The van der Waals surface area contributed by atoms with E-state index >= 15 is 0 Å². The predicted octanol–water partition coefficient (Wildman–Crippen LogP) is 2.98. The fourth-order valence-electron chi connectivity index (χ4n) is 3.57. The van der Waals surface area contributed by atoms with Crippen molar-refractivity contribution in [1.29, 1.82) is 0 Å². The van der Waals surface area contributed by atoms with Crippen molar-refractivity contribution in [2.75, 3.05) is 13.2 Å². The fourth-order valence-corrected chi connectivity index (χ4v) is 5.65. The lowest BCUT2D eigenvalue weighted by Gasteiger charge is -2.18. The lowest BCUT2D eigenvalue weighted by atomic mass is 10.1. The van der Waals surface area contributed by atoms with Crippen LogP contribution >= 0.6 is 11.6 Å². The highest BCUT2D eigenvalue weighted by Crippen LogP contribution is 2.38. The number of carbonyl (C=O) groups is 2. The van der Waals surface area contributed by atoms with Crippen molar-refractivity contribution in [2.24, 2.45) is 0 Å². The second-order valence-electron chi connectivity index (χ2n) is 7.55. The normalized spacial score (nSPS) is 16.8.